The van der Waals surface area contributed by atoms with Gasteiger partial charge in [-0.3, -0.25) is 0 Å². The Hall–Kier alpha value is -0.860. The van der Waals surface area contributed by atoms with Crippen LogP contribution in [0.15, 0.2) is 24.3 Å². The molecule has 0 saturated heterocycles. The molecular weight excluding hydrogens is 198 g/mol. The highest BCUT2D eigenvalue weighted by molar-refractivity contribution is 5.37. The van der Waals surface area contributed by atoms with Crippen LogP contribution >= 0.6 is 0 Å². The fourth-order valence-electron chi connectivity index (χ4n) is 2.73. The molecule has 1 aromatic carbocycles. The van der Waals surface area contributed by atoms with Gasteiger partial charge in [-0.25, -0.2) is 0 Å². The topological polar surface area (TPSA) is 46.2 Å². The van der Waals surface area contributed by atoms with E-state index in [0.29, 0.717) is 0 Å². The molecule has 1 aromatic rings. The van der Waals surface area contributed by atoms with Gasteiger partial charge in [0.25, 0.3) is 0 Å². The van der Waals surface area contributed by atoms with E-state index in [1.165, 1.54) is 12.8 Å². The maximum Gasteiger partial charge on any atom is 0.0843 e. The zero-order valence-corrected chi connectivity index (χ0v) is 10.2. The Morgan fingerprint density at radius 3 is 2.31 bits per heavy atom. The lowest BCUT2D eigenvalue weighted by Crippen LogP contribution is -2.36. The Morgan fingerprint density at radius 1 is 1.19 bits per heavy atom. The summed E-state index contributed by atoms with van der Waals surface area (Å²) in [7, 11) is 0. The lowest BCUT2D eigenvalue weighted by Gasteiger charge is -2.31. The van der Waals surface area contributed by atoms with Crippen molar-refractivity contribution in [2.45, 2.75) is 50.7 Å². The number of rotatable bonds is 2. The van der Waals surface area contributed by atoms with Gasteiger partial charge in [-0.05, 0) is 37.8 Å². The summed E-state index contributed by atoms with van der Waals surface area (Å²) in [4.78, 5) is 0. The van der Waals surface area contributed by atoms with E-state index in [-0.39, 0.29) is 5.54 Å². The number of hydrogen-bond acceptors (Lipinski definition) is 2. The number of benzene rings is 1. The third-order valence-electron chi connectivity index (χ3n) is 3.62. The Morgan fingerprint density at radius 2 is 1.75 bits per heavy atom. The standard InChI is InChI=1S/C14H21NO/c1-13(2,16)11-7-3-4-8-12(11)14(15)9-5-6-10-14/h3-4,7-8,16H,5-6,9-10,15H2,1-2H3. The van der Waals surface area contributed by atoms with Gasteiger partial charge >= 0.3 is 0 Å². The first-order valence-corrected chi connectivity index (χ1v) is 6.05. The van der Waals surface area contributed by atoms with Crippen LogP contribution in [0, 0.1) is 0 Å². The average Bonchev–Trinajstić information content (AvgIpc) is 2.65. The highest BCUT2D eigenvalue weighted by Crippen LogP contribution is 2.40. The summed E-state index contributed by atoms with van der Waals surface area (Å²) in [5, 5.41) is 10.2. The molecule has 0 unspecified atom stereocenters. The van der Waals surface area contributed by atoms with Gasteiger partial charge in [-0.1, -0.05) is 37.1 Å². The summed E-state index contributed by atoms with van der Waals surface area (Å²) in [6.45, 7) is 3.65. The predicted octanol–water partition coefficient (Wildman–Crippen LogP) is 2.64. The zero-order chi connectivity index (χ0) is 11.8. The van der Waals surface area contributed by atoms with Gasteiger partial charge < -0.3 is 10.8 Å². The Labute approximate surface area is 97.5 Å². The molecule has 2 nitrogen and oxygen atoms in total. The van der Waals surface area contributed by atoms with Gasteiger partial charge in [0.15, 0.2) is 0 Å². The molecule has 2 heteroatoms. The molecule has 1 fully saturated rings. The molecule has 0 aromatic heterocycles. The summed E-state index contributed by atoms with van der Waals surface area (Å²) in [5.74, 6) is 0. The third kappa shape index (κ3) is 2.00. The van der Waals surface area contributed by atoms with Crippen molar-refractivity contribution in [1.29, 1.82) is 0 Å². The highest BCUT2D eigenvalue weighted by atomic mass is 16.3. The molecule has 1 aliphatic rings. The second-order valence-corrected chi connectivity index (χ2v) is 5.47. The van der Waals surface area contributed by atoms with Crippen molar-refractivity contribution in [2.24, 2.45) is 5.73 Å². The van der Waals surface area contributed by atoms with E-state index in [2.05, 4.69) is 6.07 Å². The molecular formula is C14H21NO. The fourth-order valence-corrected chi connectivity index (χ4v) is 2.73. The zero-order valence-electron chi connectivity index (χ0n) is 10.2. The molecule has 0 aliphatic heterocycles. The van der Waals surface area contributed by atoms with Crippen LogP contribution in [0.4, 0.5) is 0 Å². The van der Waals surface area contributed by atoms with Gasteiger partial charge in [0.2, 0.25) is 0 Å². The Bertz CT molecular complexity index is 373. The lowest BCUT2D eigenvalue weighted by atomic mass is 9.81. The molecule has 0 bridgehead atoms. The molecule has 2 rings (SSSR count). The van der Waals surface area contributed by atoms with Gasteiger partial charge in [-0.2, -0.15) is 0 Å². The minimum absolute atomic E-state index is 0.226. The summed E-state index contributed by atoms with van der Waals surface area (Å²) >= 11 is 0. The van der Waals surface area contributed by atoms with E-state index < -0.39 is 5.60 Å². The summed E-state index contributed by atoms with van der Waals surface area (Å²) in [5.41, 5.74) is 7.52. The van der Waals surface area contributed by atoms with Crippen molar-refractivity contribution in [3.05, 3.63) is 35.4 Å². The van der Waals surface area contributed by atoms with Crippen LogP contribution < -0.4 is 5.73 Å². The monoisotopic (exact) mass is 219 g/mol. The number of aliphatic hydroxyl groups is 1. The van der Waals surface area contributed by atoms with Crippen molar-refractivity contribution in [3.8, 4) is 0 Å². The quantitative estimate of drug-likeness (QED) is 0.803. The first kappa shape index (κ1) is 11.6. The van der Waals surface area contributed by atoms with Crippen LogP contribution in [0.1, 0.15) is 50.7 Å². The molecule has 0 heterocycles. The maximum absolute atomic E-state index is 10.2. The molecule has 0 atom stereocenters. The largest absolute Gasteiger partial charge is 0.386 e. The first-order valence-electron chi connectivity index (χ1n) is 6.05. The molecule has 0 radical (unpaired) electrons. The van der Waals surface area contributed by atoms with Crippen LogP contribution in [0.5, 0.6) is 0 Å². The second-order valence-electron chi connectivity index (χ2n) is 5.47. The summed E-state index contributed by atoms with van der Waals surface area (Å²) < 4.78 is 0. The summed E-state index contributed by atoms with van der Waals surface area (Å²) in [6.07, 6.45) is 4.44. The van der Waals surface area contributed by atoms with Crippen LogP contribution in [-0.2, 0) is 11.1 Å². The molecule has 1 aliphatic carbocycles. The first-order chi connectivity index (χ1) is 7.43. The maximum atomic E-state index is 10.2. The van der Waals surface area contributed by atoms with Gasteiger partial charge in [0, 0.05) is 5.54 Å². The second kappa shape index (κ2) is 3.86. The molecule has 0 spiro atoms. The minimum atomic E-state index is -0.814. The highest BCUT2D eigenvalue weighted by Gasteiger charge is 2.35. The van der Waals surface area contributed by atoms with E-state index in [4.69, 9.17) is 5.73 Å². The van der Waals surface area contributed by atoms with E-state index in [1.807, 2.05) is 32.0 Å². The van der Waals surface area contributed by atoms with Gasteiger partial charge in [-0.15, -0.1) is 0 Å². The van der Waals surface area contributed by atoms with Crippen LogP contribution in [0.25, 0.3) is 0 Å². The van der Waals surface area contributed by atoms with Crippen molar-refractivity contribution in [3.63, 3.8) is 0 Å². The van der Waals surface area contributed by atoms with Gasteiger partial charge in [0.1, 0.15) is 0 Å². The Kier molecular flexibility index (Phi) is 2.81. The molecule has 3 N–H and O–H groups in total. The lowest BCUT2D eigenvalue weighted by molar-refractivity contribution is 0.0761. The third-order valence-corrected chi connectivity index (χ3v) is 3.62. The molecule has 16 heavy (non-hydrogen) atoms. The molecule has 1 saturated carbocycles. The minimum Gasteiger partial charge on any atom is -0.386 e. The van der Waals surface area contributed by atoms with Crippen LogP contribution in [0.2, 0.25) is 0 Å². The molecule has 0 amide bonds. The van der Waals surface area contributed by atoms with E-state index >= 15 is 0 Å². The fraction of sp³-hybridized carbons (Fsp3) is 0.571. The van der Waals surface area contributed by atoms with E-state index in [1.54, 1.807) is 0 Å². The van der Waals surface area contributed by atoms with Crippen molar-refractivity contribution in [1.82, 2.24) is 0 Å². The van der Waals surface area contributed by atoms with Crippen LogP contribution in [0.3, 0.4) is 0 Å². The Balaban J connectivity index is 2.48. The number of hydrogen-bond donors (Lipinski definition) is 2. The smallest absolute Gasteiger partial charge is 0.0843 e. The normalized spacial score (nSPS) is 20.0. The van der Waals surface area contributed by atoms with E-state index in [0.717, 1.165) is 24.0 Å². The summed E-state index contributed by atoms with van der Waals surface area (Å²) in [6, 6.07) is 8.04. The SMILES string of the molecule is CC(C)(O)c1ccccc1C1(N)CCCC1. The van der Waals surface area contributed by atoms with Crippen molar-refractivity contribution in [2.75, 3.05) is 0 Å². The van der Waals surface area contributed by atoms with Crippen molar-refractivity contribution >= 4 is 0 Å². The number of nitrogens with two attached hydrogens (primary N) is 1. The van der Waals surface area contributed by atoms with E-state index in [9.17, 15) is 5.11 Å². The average molecular weight is 219 g/mol. The van der Waals surface area contributed by atoms with Crippen LogP contribution in [-0.4, -0.2) is 5.11 Å². The van der Waals surface area contributed by atoms with Crippen molar-refractivity contribution < 1.29 is 5.11 Å². The van der Waals surface area contributed by atoms with Gasteiger partial charge in [0.05, 0.1) is 5.60 Å². The molecule has 88 valence electrons. The predicted molar refractivity (Wildman–Crippen MR) is 66.0 cm³/mol.